The van der Waals surface area contributed by atoms with Crippen LogP contribution in [0.4, 0.5) is 0 Å². The molecule has 4 rings (SSSR count). The van der Waals surface area contributed by atoms with Crippen LogP contribution >= 0.6 is 0 Å². The van der Waals surface area contributed by atoms with Crippen LogP contribution in [-0.4, -0.2) is 76.1 Å². The minimum absolute atomic E-state index is 0.00668. The number of carbonyl (C=O) groups excluding carboxylic acids is 1. The summed E-state index contributed by atoms with van der Waals surface area (Å²) in [6.07, 6.45) is 0. The van der Waals surface area contributed by atoms with Crippen molar-refractivity contribution >= 4 is 5.91 Å². The molecule has 8 heteroatoms. The molecule has 0 saturated carbocycles. The van der Waals surface area contributed by atoms with E-state index in [0.717, 1.165) is 36.9 Å². The summed E-state index contributed by atoms with van der Waals surface area (Å²) >= 11 is 0. The summed E-state index contributed by atoms with van der Waals surface area (Å²) in [5, 5.41) is 0. The lowest BCUT2D eigenvalue weighted by molar-refractivity contribution is 0.0620. The van der Waals surface area contributed by atoms with Gasteiger partial charge in [-0.1, -0.05) is 0 Å². The zero-order chi connectivity index (χ0) is 20.9. The lowest BCUT2D eigenvalue weighted by atomic mass is 10.1. The molecule has 0 unspecified atom stereocenters. The van der Waals surface area contributed by atoms with Gasteiger partial charge in [-0.3, -0.25) is 9.69 Å². The molecule has 8 nitrogen and oxygen atoms in total. The number of fused-ring (bicyclic) bond motifs is 1. The van der Waals surface area contributed by atoms with Crippen LogP contribution in [0.25, 0.3) is 0 Å². The maximum atomic E-state index is 12.8. The number of ether oxygens (including phenoxy) is 5. The van der Waals surface area contributed by atoms with Gasteiger partial charge in [0.1, 0.15) is 12.4 Å². The standard InChI is InChI=1S/C22H26N2O6/c1-26-18-5-3-16(13-20(18)27-2)22(25)24-9-7-23(8-10-24)11-12-28-17-4-6-19-21(14-17)30-15-29-19/h3-6,13-14H,7-12,15H2,1-2H3. The summed E-state index contributed by atoms with van der Waals surface area (Å²) in [5.74, 6) is 3.41. The zero-order valence-corrected chi connectivity index (χ0v) is 17.3. The highest BCUT2D eigenvalue weighted by molar-refractivity contribution is 5.95. The minimum atomic E-state index is 0.00668. The molecule has 1 saturated heterocycles. The van der Waals surface area contributed by atoms with Crippen molar-refractivity contribution in [1.29, 1.82) is 0 Å². The number of amides is 1. The molecular formula is C22H26N2O6. The van der Waals surface area contributed by atoms with E-state index in [4.69, 9.17) is 23.7 Å². The molecule has 0 aliphatic carbocycles. The lowest BCUT2D eigenvalue weighted by Gasteiger charge is -2.34. The first kappa shape index (κ1) is 20.2. The third kappa shape index (κ3) is 4.38. The minimum Gasteiger partial charge on any atom is -0.493 e. The predicted octanol–water partition coefficient (Wildman–Crippen LogP) is 2.27. The van der Waals surface area contributed by atoms with Gasteiger partial charge in [-0.15, -0.1) is 0 Å². The molecule has 0 spiro atoms. The number of methoxy groups -OCH3 is 2. The van der Waals surface area contributed by atoms with Gasteiger partial charge in [-0.25, -0.2) is 0 Å². The molecule has 0 N–H and O–H groups in total. The van der Waals surface area contributed by atoms with Crippen LogP contribution in [0.1, 0.15) is 10.4 Å². The first-order chi connectivity index (χ1) is 14.7. The Hall–Kier alpha value is -3.13. The summed E-state index contributed by atoms with van der Waals surface area (Å²) in [6, 6.07) is 10.9. The van der Waals surface area contributed by atoms with Crippen molar-refractivity contribution in [2.24, 2.45) is 0 Å². The predicted molar refractivity (Wildman–Crippen MR) is 110 cm³/mol. The molecule has 0 radical (unpaired) electrons. The van der Waals surface area contributed by atoms with Gasteiger partial charge in [0.05, 0.1) is 14.2 Å². The summed E-state index contributed by atoms with van der Waals surface area (Å²) < 4.78 is 27.1. The SMILES string of the molecule is COc1ccc(C(=O)N2CCN(CCOc3ccc4c(c3)OCO4)CC2)cc1OC. The molecule has 1 fully saturated rings. The molecular weight excluding hydrogens is 388 g/mol. The Morgan fingerprint density at radius 2 is 1.70 bits per heavy atom. The van der Waals surface area contributed by atoms with E-state index in [1.54, 1.807) is 32.4 Å². The number of piperazine rings is 1. The van der Waals surface area contributed by atoms with Crippen LogP contribution in [0, 0.1) is 0 Å². The monoisotopic (exact) mass is 414 g/mol. The maximum Gasteiger partial charge on any atom is 0.254 e. The van der Waals surface area contributed by atoms with Crippen LogP contribution in [0.5, 0.6) is 28.7 Å². The average Bonchev–Trinajstić information content (AvgIpc) is 3.26. The molecule has 2 aliphatic heterocycles. The van der Waals surface area contributed by atoms with Gasteiger partial charge in [0, 0.05) is 44.4 Å². The van der Waals surface area contributed by atoms with Crippen molar-refractivity contribution in [2.45, 2.75) is 0 Å². The smallest absolute Gasteiger partial charge is 0.254 e. The van der Waals surface area contributed by atoms with E-state index in [1.807, 2.05) is 23.1 Å². The fourth-order valence-electron chi connectivity index (χ4n) is 3.59. The average molecular weight is 414 g/mol. The Morgan fingerprint density at radius 3 is 2.47 bits per heavy atom. The van der Waals surface area contributed by atoms with Crippen molar-refractivity contribution in [3.05, 3.63) is 42.0 Å². The molecule has 0 bridgehead atoms. The second-order valence-electron chi connectivity index (χ2n) is 7.07. The van der Waals surface area contributed by atoms with Gasteiger partial charge in [-0.05, 0) is 30.3 Å². The summed E-state index contributed by atoms with van der Waals surface area (Å²) in [4.78, 5) is 17.0. The fourth-order valence-corrected chi connectivity index (χ4v) is 3.59. The van der Waals surface area contributed by atoms with E-state index in [-0.39, 0.29) is 12.7 Å². The number of nitrogens with zero attached hydrogens (tertiary/aromatic N) is 2. The van der Waals surface area contributed by atoms with Gasteiger partial charge in [-0.2, -0.15) is 0 Å². The Balaban J connectivity index is 1.24. The molecule has 2 aromatic carbocycles. The van der Waals surface area contributed by atoms with Crippen LogP contribution < -0.4 is 23.7 Å². The number of carbonyl (C=O) groups is 1. The molecule has 1 amide bonds. The highest BCUT2D eigenvalue weighted by Gasteiger charge is 2.23. The number of hydrogen-bond acceptors (Lipinski definition) is 7. The quantitative estimate of drug-likeness (QED) is 0.688. The molecule has 0 atom stereocenters. The van der Waals surface area contributed by atoms with E-state index in [1.165, 1.54) is 0 Å². The molecule has 0 aromatic heterocycles. The maximum absolute atomic E-state index is 12.8. The van der Waals surface area contributed by atoms with Crippen molar-refractivity contribution < 1.29 is 28.5 Å². The van der Waals surface area contributed by atoms with Crippen molar-refractivity contribution in [3.8, 4) is 28.7 Å². The summed E-state index contributed by atoms with van der Waals surface area (Å²) in [6.45, 7) is 4.60. The largest absolute Gasteiger partial charge is 0.493 e. The Kier molecular flexibility index (Phi) is 6.13. The van der Waals surface area contributed by atoms with Gasteiger partial charge in [0.15, 0.2) is 23.0 Å². The van der Waals surface area contributed by atoms with Crippen molar-refractivity contribution in [1.82, 2.24) is 9.80 Å². The van der Waals surface area contributed by atoms with Crippen LogP contribution in [-0.2, 0) is 0 Å². The van der Waals surface area contributed by atoms with Crippen LogP contribution in [0.3, 0.4) is 0 Å². The van der Waals surface area contributed by atoms with E-state index in [2.05, 4.69) is 4.90 Å². The van der Waals surface area contributed by atoms with Crippen LogP contribution in [0.15, 0.2) is 36.4 Å². The molecule has 2 aliphatic rings. The normalized spacial score (nSPS) is 15.7. The lowest BCUT2D eigenvalue weighted by Crippen LogP contribution is -2.49. The highest BCUT2D eigenvalue weighted by Crippen LogP contribution is 2.35. The Morgan fingerprint density at radius 1 is 0.933 bits per heavy atom. The summed E-state index contributed by atoms with van der Waals surface area (Å²) in [7, 11) is 3.14. The van der Waals surface area contributed by atoms with Gasteiger partial charge < -0.3 is 28.6 Å². The second kappa shape index (κ2) is 9.13. The number of benzene rings is 2. The van der Waals surface area contributed by atoms with Gasteiger partial charge >= 0.3 is 0 Å². The zero-order valence-electron chi connectivity index (χ0n) is 17.3. The Bertz CT molecular complexity index is 895. The third-order valence-electron chi connectivity index (χ3n) is 5.31. The molecule has 2 heterocycles. The molecule has 30 heavy (non-hydrogen) atoms. The first-order valence-electron chi connectivity index (χ1n) is 9.94. The molecule has 160 valence electrons. The van der Waals surface area contributed by atoms with Gasteiger partial charge in [0.2, 0.25) is 6.79 Å². The van der Waals surface area contributed by atoms with E-state index >= 15 is 0 Å². The second-order valence-corrected chi connectivity index (χ2v) is 7.07. The van der Waals surface area contributed by atoms with Gasteiger partial charge in [0.25, 0.3) is 5.91 Å². The summed E-state index contributed by atoms with van der Waals surface area (Å²) in [5.41, 5.74) is 0.604. The fraction of sp³-hybridized carbons (Fsp3) is 0.409. The molecule has 2 aromatic rings. The van der Waals surface area contributed by atoms with E-state index in [0.29, 0.717) is 36.8 Å². The van der Waals surface area contributed by atoms with E-state index in [9.17, 15) is 4.79 Å². The number of hydrogen-bond donors (Lipinski definition) is 0. The van der Waals surface area contributed by atoms with Crippen molar-refractivity contribution in [3.63, 3.8) is 0 Å². The van der Waals surface area contributed by atoms with Crippen LogP contribution in [0.2, 0.25) is 0 Å². The van der Waals surface area contributed by atoms with E-state index < -0.39 is 0 Å². The topological polar surface area (TPSA) is 69.7 Å². The highest BCUT2D eigenvalue weighted by atomic mass is 16.7. The first-order valence-corrected chi connectivity index (χ1v) is 9.94. The number of rotatable bonds is 7. The van der Waals surface area contributed by atoms with Crippen molar-refractivity contribution in [2.75, 3.05) is 60.3 Å². The Labute approximate surface area is 175 Å². The third-order valence-corrected chi connectivity index (χ3v) is 5.31.